The number of methoxy groups -OCH3 is 2. The second-order valence-electron chi connectivity index (χ2n) is 8.92. The number of ether oxygens (including phenoxy) is 2. The van der Waals surface area contributed by atoms with Crippen LogP contribution in [-0.4, -0.2) is 57.9 Å². The predicted molar refractivity (Wildman–Crippen MR) is 131 cm³/mol. The van der Waals surface area contributed by atoms with Crippen LogP contribution in [0.15, 0.2) is 41.4 Å². The first-order valence-electron chi connectivity index (χ1n) is 11.2. The van der Waals surface area contributed by atoms with Crippen molar-refractivity contribution in [2.75, 3.05) is 45.8 Å². The van der Waals surface area contributed by atoms with Crippen LogP contribution in [0.3, 0.4) is 0 Å². The Balaban J connectivity index is 1.54. The molecule has 1 aliphatic heterocycles. The minimum absolute atomic E-state index is 0.114. The summed E-state index contributed by atoms with van der Waals surface area (Å²) in [6, 6.07) is 12.7. The van der Waals surface area contributed by atoms with Crippen molar-refractivity contribution in [3.63, 3.8) is 0 Å². The van der Waals surface area contributed by atoms with Gasteiger partial charge in [-0.1, -0.05) is 26.0 Å². The second-order valence-corrected chi connectivity index (χ2v) is 8.92. The van der Waals surface area contributed by atoms with E-state index < -0.39 is 0 Å². The van der Waals surface area contributed by atoms with Crippen LogP contribution in [0, 0.1) is 6.92 Å². The number of benzene rings is 1. The first-order chi connectivity index (χ1) is 15.4. The van der Waals surface area contributed by atoms with Crippen LogP contribution < -0.4 is 25.0 Å². The molecule has 174 valence electrons. The summed E-state index contributed by atoms with van der Waals surface area (Å²) in [7, 11) is 5.14. The smallest absolute Gasteiger partial charge is 0.191 e. The second kappa shape index (κ2) is 10.6. The monoisotopic (exact) mass is 439 g/mol. The maximum Gasteiger partial charge on any atom is 0.191 e. The van der Waals surface area contributed by atoms with Crippen LogP contribution in [0.25, 0.3) is 0 Å². The lowest BCUT2D eigenvalue weighted by molar-refractivity contribution is 0.353. The highest BCUT2D eigenvalue weighted by Crippen LogP contribution is 2.32. The molecular weight excluding hydrogens is 402 g/mol. The molecule has 0 amide bonds. The van der Waals surface area contributed by atoms with E-state index in [-0.39, 0.29) is 5.41 Å². The lowest BCUT2D eigenvalue weighted by atomic mass is 9.84. The van der Waals surface area contributed by atoms with E-state index in [1.165, 1.54) is 5.56 Å². The molecule has 7 nitrogen and oxygen atoms in total. The first kappa shape index (κ1) is 23.7. The van der Waals surface area contributed by atoms with Crippen LogP contribution >= 0.6 is 0 Å². The van der Waals surface area contributed by atoms with Gasteiger partial charge >= 0.3 is 0 Å². The Labute approximate surface area is 192 Å². The number of pyridine rings is 1. The van der Waals surface area contributed by atoms with E-state index in [2.05, 4.69) is 57.6 Å². The summed E-state index contributed by atoms with van der Waals surface area (Å²) < 4.78 is 10.8. The van der Waals surface area contributed by atoms with Crippen molar-refractivity contribution in [2.45, 2.75) is 45.1 Å². The number of piperidine rings is 1. The molecule has 32 heavy (non-hydrogen) atoms. The molecule has 0 saturated carbocycles. The fraction of sp³-hybridized carbons (Fsp3) is 0.520. The summed E-state index contributed by atoms with van der Waals surface area (Å²) >= 11 is 0. The third-order valence-electron chi connectivity index (χ3n) is 6.12. The molecule has 0 aliphatic carbocycles. The molecule has 0 unspecified atom stereocenters. The summed E-state index contributed by atoms with van der Waals surface area (Å²) in [4.78, 5) is 11.5. The molecule has 1 aromatic carbocycles. The van der Waals surface area contributed by atoms with Gasteiger partial charge in [0.05, 0.1) is 14.2 Å². The van der Waals surface area contributed by atoms with Gasteiger partial charge in [-0.3, -0.25) is 4.99 Å². The topological polar surface area (TPSA) is 71.0 Å². The number of aliphatic imine (C=N–C) groups is 1. The number of hydrogen-bond donors (Lipinski definition) is 2. The van der Waals surface area contributed by atoms with E-state index >= 15 is 0 Å². The minimum atomic E-state index is -0.114. The fourth-order valence-corrected chi connectivity index (χ4v) is 4.01. The normalized spacial score (nSPS) is 15.4. The van der Waals surface area contributed by atoms with Gasteiger partial charge < -0.3 is 25.0 Å². The number of anilines is 1. The number of rotatable bonds is 7. The van der Waals surface area contributed by atoms with Crippen molar-refractivity contribution in [2.24, 2.45) is 4.99 Å². The number of nitrogens with zero attached hydrogens (tertiary/aromatic N) is 3. The van der Waals surface area contributed by atoms with Gasteiger partial charge in [-0.05, 0) is 49.6 Å². The highest BCUT2D eigenvalue weighted by molar-refractivity contribution is 5.80. The Kier molecular flexibility index (Phi) is 7.83. The summed E-state index contributed by atoms with van der Waals surface area (Å²) in [6.45, 7) is 9.18. The number of guanidine groups is 1. The summed E-state index contributed by atoms with van der Waals surface area (Å²) in [6.07, 6.45) is 2.10. The molecule has 0 atom stereocenters. The van der Waals surface area contributed by atoms with Gasteiger partial charge in [-0.15, -0.1) is 0 Å². The molecule has 1 aliphatic rings. The molecule has 3 rings (SSSR count). The molecule has 1 saturated heterocycles. The van der Waals surface area contributed by atoms with E-state index in [0.717, 1.165) is 61.4 Å². The Morgan fingerprint density at radius 2 is 1.84 bits per heavy atom. The third-order valence-corrected chi connectivity index (χ3v) is 6.12. The Morgan fingerprint density at radius 1 is 1.12 bits per heavy atom. The lowest BCUT2D eigenvalue weighted by Crippen LogP contribution is -2.50. The summed E-state index contributed by atoms with van der Waals surface area (Å²) in [5, 5.41) is 7.11. The fourth-order valence-electron chi connectivity index (χ4n) is 4.01. The van der Waals surface area contributed by atoms with Crippen LogP contribution in [0.4, 0.5) is 5.82 Å². The Bertz CT molecular complexity index is 920. The van der Waals surface area contributed by atoms with Crippen molar-refractivity contribution in [1.29, 1.82) is 0 Å². The Hall–Kier alpha value is -2.96. The SMILES string of the molecule is CN=C(NCC(C)(C)c1ccc(OC)c(OC)c1)NC1CCN(c2cccc(C)n2)CC1. The number of hydrogen-bond acceptors (Lipinski definition) is 5. The van der Waals surface area contributed by atoms with Gasteiger partial charge in [-0.25, -0.2) is 4.98 Å². The largest absolute Gasteiger partial charge is 0.493 e. The average molecular weight is 440 g/mol. The third kappa shape index (κ3) is 5.84. The summed E-state index contributed by atoms with van der Waals surface area (Å²) in [5.41, 5.74) is 2.12. The lowest BCUT2D eigenvalue weighted by Gasteiger charge is -2.34. The van der Waals surface area contributed by atoms with Gasteiger partial charge in [0, 0.05) is 43.8 Å². The van der Waals surface area contributed by atoms with Gasteiger partial charge in [0.25, 0.3) is 0 Å². The Morgan fingerprint density at radius 3 is 2.47 bits per heavy atom. The van der Waals surface area contributed by atoms with Gasteiger partial charge in [0.2, 0.25) is 0 Å². The van der Waals surface area contributed by atoms with Crippen molar-refractivity contribution in [1.82, 2.24) is 15.6 Å². The van der Waals surface area contributed by atoms with E-state index in [0.29, 0.717) is 6.04 Å². The molecule has 2 heterocycles. The van der Waals surface area contributed by atoms with E-state index in [4.69, 9.17) is 9.47 Å². The van der Waals surface area contributed by atoms with Crippen molar-refractivity contribution in [3.8, 4) is 11.5 Å². The maximum atomic E-state index is 5.48. The molecule has 0 radical (unpaired) electrons. The van der Waals surface area contributed by atoms with Crippen LogP contribution in [0.5, 0.6) is 11.5 Å². The van der Waals surface area contributed by atoms with Crippen molar-refractivity contribution < 1.29 is 9.47 Å². The molecule has 7 heteroatoms. The highest BCUT2D eigenvalue weighted by Gasteiger charge is 2.24. The first-order valence-corrected chi connectivity index (χ1v) is 11.2. The predicted octanol–water partition coefficient (Wildman–Crippen LogP) is 3.52. The quantitative estimate of drug-likeness (QED) is 0.508. The molecule has 0 bridgehead atoms. The molecule has 2 aromatic rings. The summed E-state index contributed by atoms with van der Waals surface area (Å²) in [5.74, 6) is 3.40. The standard InChI is InChI=1S/C25H37N5O2/c1-18-8-7-9-23(28-18)30-14-12-20(13-15-30)29-24(26-4)27-17-25(2,3)19-10-11-21(31-5)22(16-19)32-6/h7-11,16,20H,12-15,17H2,1-6H3,(H2,26,27,29). The molecule has 2 N–H and O–H groups in total. The van der Waals surface area contributed by atoms with Gasteiger partial charge in [0.1, 0.15) is 5.82 Å². The minimum Gasteiger partial charge on any atom is -0.493 e. The van der Waals surface area contributed by atoms with Crippen molar-refractivity contribution >= 4 is 11.8 Å². The van der Waals surface area contributed by atoms with Crippen LogP contribution in [-0.2, 0) is 5.41 Å². The zero-order valence-electron chi connectivity index (χ0n) is 20.2. The zero-order chi connectivity index (χ0) is 23.1. The highest BCUT2D eigenvalue weighted by atomic mass is 16.5. The molecule has 1 fully saturated rings. The number of aryl methyl sites for hydroxylation is 1. The van der Waals surface area contributed by atoms with Crippen LogP contribution in [0.2, 0.25) is 0 Å². The average Bonchev–Trinajstić information content (AvgIpc) is 2.81. The van der Waals surface area contributed by atoms with Crippen molar-refractivity contribution in [3.05, 3.63) is 47.7 Å². The zero-order valence-corrected chi connectivity index (χ0v) is 20.2. The molecular formula is C25H37N5O2. The maximum absolute atomic E-state index is 5.48. The van der Waals surface area contributed by atoms with Gasteiger partial charge in [0.15, 0.2) is 17.5 Å². The van der Waals surface area contributed by atoms with E-state index in [9.17, 15) is 0 Å². The van der Waals surface area contributed by atoms with Gasteiger partial charge in [-0.2, -0.15) is 0 Å². The molecule has 0 spiro atoms. The molecule has 1 aromatic heterocycles. The number of nitrogens with one attached hydrogen (secondary N) is 2. The van der Waals surface area contributed by atoms with E-state index in [1.54, 1.807) is 14.2 Å². The van der Waals surface area contributed by atoms with E-state index in [1.807, 2.05) is 32.2 Å². The number of aromatic nitrogens is 1. The van der Waals surface area contributed by atoms with Crippen LogP contribution in [0.1, 0.15) is 37.9 Å².